The van der Waals surface area contributed by atoms with Gasteiger partial charge in [-0.05, 0) is 25.1 Å². The van der Waals surface area contributed by atoms with Crippen molar-refractivity contribution in [1.82, 2.24) is 14.5 Å². The van der Waals surface area contributed by atoms with Crippen molar-refractivity contribution >= 4 is 34.0 Å². The highest BCUT2D eigenvalue weighted by Gasteiger charge is 2.14. The highest BCUT2D eigenvalue weighted by atomic mass is 35.5. The standard InChI is InChI=1S/C13H13ClN4S/c1-2-18-11-5-8(14)3-4-9(11)17-13(18)10-7-19-12(6-15)16-10/h3-5,7H,2,6,15H2,1H3. The molecule has 19 heavy (non-hydrogen) atoms. The van der Waals surface area contributed by atoms with Crippen LogP contribution in [0.4, 0.5) is 0 Å². The van der Waals surface area contributed by atoms with Gasteiger partial charge in [-0.25, -0.2) is 9.97 Å². The van der Waals surface area contributed by atoms with E-state index in [0.29, 0.717) is 6.54 Å². The first-order valence-corrected chi connectivity index (χ1v) is 7.29. The van der Waals surface area contributed by atoms with Gasteiger partial charge in [0.15, 0.2) is 5.82 Å². The molecule has 0 atom stereocenters. The Morgan fingerprint density at radius 3 is 2.89 bits per heavy atom. The summed E-state index contributed by atoms with van der Waals surface area (Å²) in [6, 6.07) is 5.73. The van der Waals surface area contributed by atoms with E-state index >= 15 is 0 Å². The number of aromatic nitrogens is 3. The van der Waals surface area contributed by atoms with Crippen LogP contribution in [0, 0.1) is 0 Å². The van der Waals surface area contributed by atoms with Gasteiger partial charge in [-0.3, -0.25) is 0 Å². The summed E-state index contributed by atoms with van der Waals surface area (Å²) < 4.78 is 2.12. The minimum atomic E-state index is 0.461. The van der Waals surface area contributed by atoms with E-state index < -0.39 is 0 Å². The lowest BCUT2D eigenvalue weighted by atomic mass is 10.3. The number of nitrogens with two attached hydrogens (primary N) is 1. The molecular formula is C13H13ClN4S. The number of nitrogens with zero attached hydrogens (tertiary/aromatic N) is 3. The molecule has 0 saturated heterocycles. The van der Waals surface area contributed by atoms with Crippen molar-refractivity contribution in [3.63, 3.8) is 0 Å². The summed E-state index contributed by atoms with van der Waals surface area (Å²) in [5, 5.41) is 3.63. The molecule has 4 nitrogen and oxygen atoms in total. The van der Waals surface area contributed by atoms with Gasteiger partial charge >= 0.3 is 0 Å². The highest BCUT2D eigenvalue weighted by Crippen LogP contribution is 2.27. The Kier molecular flexibility index (Phi) is 3.26. The number of hydrogen-bond acceptors (Lipinski definition) is 4. The zero-order chi connectivity index (χ0) is 13.4. The number of rotatable bonds is 3. The fraction of sp³-hybridized carbons (Fsp3) is 0.231. The molecule has 0 amide bonds. The molecular weight excluding hydrogens is 280 g/mol. The van der Waals surface area contributed by atoms with E-state index in [2.05, 4.69) is 21.5 Å². The first kappa shape index (κ1) is 12.6. The van der Waals surface area contributed by atoms with E-state index in [-0.39, 0.29) is 0 Å². The highest BCUT2D eigenvalue weighted by molar-refractivity contribution is 7.09. The number of fused-ring (bicyclic) bond motifs is 1. The van der Waals surface area contributed by atoms with Crippen LogP contribution in [0.25, 0.3) is 22.6 Å². The summed E-state index contributed by atoms with van der Waals surface area (Å²) in [5.74, 6) is 0.871. The Hall–Kier alpha value is -1.43. The number of hydrogen-bond donors (Lipinski definition) is 1. The molecule has 0 aliphatic carbocycles. The normalized spacial score (nSPS) is 11.3. The van der Waals surface area contributed by atoms with Crippen LogP contribution in [0.5, 0.6) is 0 Å². The number of thiazole rings is 1. The largest absolute Gasteiger partial charge is 0.325 e. The zero-order valence-corrected chi connectivity index (χ0v) is 12.0. The molecule has 0 saturated carbocycles. The summed E-state index contributed by atoms with van der Waals surface area (Å²) in [7, 11) is 0. The number of aryl methyl sites for hydroxylation is 1. The van der Waals surface area contributed by atoms with E-state index in [0.717, 1.165) is 39.1 Å². The topological polar surface area (TPSA) is 56.7 Å². The van der Waals surface area contributed by atoms with Crippen molar-refractivity contribution < 1.29 is 0 Å². The van der Waals surface area contributed by atoms with E-state index in [4.69, 9.17) is 17.3 Å². The van der Waals surface area contributed by atoms with Crippen molar-refractivity contribution in [3.05, 3.63) is 33.6 Å². The van der Waals surface area contributed by atoms with Crippen molar-refractivity contribution in [2.75, 3.05) is 0 Å². The Balaban J connectivity index is 2.22. The molecule has 6 heteroatoms. The molecule has 1 aromatic carbocycles. The maximum atomic E-state index is 6.06. The fourth-order valence-corrected chi connectivity index (χ4v) is 2.94. The SMILES string of the molecule is CCn1c(-c2csc(CN)n2)nc2ccc(Cl)cc21. The maximum absolute atomic E-state index is 6.06. The van der Waals surface area contributed by atoms with Crippen molar-refractivity contribution in [2.24, 2.45) is 5.73 Å². The number of halogens is 1. The predicted molar refractivity (Wildman–Crippen MR) is 79.4 cm³/mol. The Morgan fingerprint density at radius 2 is 2.21 bits per heavy atom. The summed E-state index contributed by atoms with van der Waals surface area (Å²) >= 11 is 7.62. The van der Waals surface area contributed by atoms with Crippen molar-refractivity contribution in [1.29, 1.82) is 0 Å². The van der Waals surface area contributed by atoms with Crippen LogP contribution >= 0.6 is 22.9 Å². The first-order chi connectivity index (χ1) is 9.22. The van der Waals surface area contributed by atoms with Gasteiger partial charge in [-0.15, -0.1) is 11.3 Å². The quantitative estimate of drug-likeness (QED) is 0.806. The summed E-state index contributed by atoms with van der Waals surface area (Å²) in [6.07, 6.45) is 0. The average Bonchev–Trinajstić information content (AvgIpc) is 3.01. The third-order valence-electron chi connectivity index (χ3n) is 2.98. The molecule has 2 aromatic heterocycles. The van der Waals surface area contributed by atoms with Crippen LogP contribution in [0.15, 0.2) is 23.6 Å². The maximum Gasteiger partial charge on any atom is 0.160 e. The van der Waals surface area contributed by atoms with Crippen LogP contribution in [-0.2, 0) is 13.1 Å². The summed E-state index contributed by atoms with van der Waals surface area (Å²) in [4.78, 5) is 9.15. The Morgan fingerprint density at radius 1 is 1.37 bits per heavy atom. The second-order valence-electron chi connectivity index (χ2n) is 4.14. The van der Waals surface area contributed by atoms with Gasteiger partial charge in [0.05, 0.1) is 11.0 Å². The van der Waals surface area contributed by atoms with E-state index in [1.807, 2.05) is 23.6 Å². The molecule has 0 bridgehead atoms. The zero-order valence-electron chi connectivity index (χ0n) is 10.4. The van der Waals surface area contributed by atoms with E-state index in [1.165, 1.54) is 0 Å². The minimum absolute atomic E-state index is 0.461. The van der Waals surface area contributed by atoms with Crippen molar-refractivity contribution in [3.8, 4) is 11.5 Å². The van der Waals surface area contributed by atoms with Crippen LogP contribution in [0.3, 0.4) is 0 Å². The molecule has 98 valence electrons. The molecule has 3 aromatic rings. The van der Waals surface area contributed by atoms with Crippen LogP contribution in [0.2, 0.25) is 5.02 Å². The lowest BCUT2D eigenvalue weighted by Gasteiger charge is -2.03. The van der Waals surface area contributed by atoms with Gasteiger partial charge in [0.2, 0.25) is 0 Å². The van der Waals surface area contributed by atoms with Gasteiger partial charge in [0.25, 0.3) is 0 Å². The van der Waals surface area contributed by atoms with Gasteiger partial charge < -0.3 is 10.3 Å². The average molecular weight is 293 g/mol. The van der Waals surface area contributed by atoms with Gasteiger partial charge in [0.1, 0.15) is 10.7 Å². The van der Waals surface area contributed by atoms with Gasteiger partial charge in [0, 0.05) is 23.5 Å². The second kappa shape index (κ2) is 4.92. The van der Waals surface area contributed by atoms with Crippen molar-refractivity contribution in [2.45, 2.75) is 20.0 Å². The Bertz CT molecular complexity index is 731. The molecule has 0 unspecified atom stereocenters. The molecule has 0 fully saturated rings. The van der Waals surface area contributed by atoms with Crippen LogP contribution in [-0.4, -0.2) is 14.5 Å². The van der Waals surface area contributed by atoms with Crippen LogP contribution < -0.4 is 5.73 Å². The molecule has 0 radical (unpaired) electrons. The molecule has 0 aliphatic heterocycles. The van der Waals surface area contributed by atoms with Crippen LogP contribution in [0.1, 0.15) is 11.9 Å². The third kappa shape index (κ3) is 2.14. The molecule has 2 N–H and O–H groups in total. The number of imidazole rings is 1. The second-order valence-corrected chi connectivity index (χ2v) is 5.52. The first-order valence-electron chi connectivity index (χ1n) is 6.03. The van der Waals surface area contributed by atoms with Gasteiger partial charge in [-0.2, -0.15) is 0 Å². The third-order valence-corrected chi connectivity index (χ3v) is 4.09. The molecule has 0 spiro atoms. The van der Waals surface area contributed by atoms with E-state index in [9.17, 15) is 0 Å². The summed E-state index contributed by atoms with van der Waals surface area (Å²) in [5.41, 5.74) is 8.45. The lowest BCUT2D eigenvalue weighted by Crippen LogP contribution is -1.99. The minimum Gasteiger partial charge on any atom is -0.325 e. The van der Waals surface area contributed by atoms with E-state index in [1.54, 1.807) is 11.3 Å². The molecule has 2 heterocycles. The molecule has 0 aliphatic rings. The smallest absolute Gasteiger partial charge is 0.160 e. The summed E-state index contributed by atoms with van der Waals surface area (Å²) in [6.45, 7) is 3.37. The fourth-order valence-electron chi connectivity index (χ4n) is 2.12. The predicted octanol–water partition coefficient (Wildman–Crippen LogP) is 3.29. The monoisotopic (exact) mass is 292 g/mol. The van der Waals surface area contributed by atoms with Gasteiger partial charge in [-0.1, -0.05) is 11.6 Å². The molecule has 3 rings (SSSR count). The Labute approximate surface area is 119 Å². The number of benzene rings is 1. The lowest BCUT2D eigenvalue weighted by molar-refractivity contribution is 0.793.